The zero-order chi connectivity index (χ0) is 13.3. The standard InChI is InChI=1S/C12H12ClN3O2/c1-7-3-4-9(8(13)5-7)16-6-15-10(11(16)14)12(17)18-2/h3-6H,14H2,1-2H3. The van der Waals surface area contributed by atoms with Crippen molar-refractivity contribution in [1.82, 2.24) is 9.55 Å². The zero-order valence-corrected chi connectivity index (χ0v) is 10.7. The number of rotatable bonds is 2. The first-order valence-electron chi connectivity index (χ1n) is 5.22. The maximum absolute atomic E-state index is 11.4. The third-order valence-corrected chi connectivity index (χ3v) is 2.85. The Morgan fingerprint density at radius 3 is 2.83 bits per heavy atom. The third-order valence-electron chi connectivity index (χ3n) is 2.55. The predicted molar refractivity (Wildman–Crippen MR) is 69.1 cm³/mol. The van der Waals surface area contributed by atoms with E-state index < -0.39 is 5.97 Å². The van der Waals surface area contributed by atoms with Gasteiger partial charge in [-0.15, -0.1) is 0 Å². The van der Waals surface area contributed by atoms with Gasteiger partial charge in [-0.1, -0.05) is 17.7 Å². The van der Waals surface area contributed by atoms with Crippen molar-refractivity contribution in [3.05, 3.63) is 40.8 Å². The van der Waals surface area contributed by atoms with E-state index in [0.29, 0.717) is 10.7 Å². The highest BCUT2D eigenvalue weighted by Gasteiger charge is 2.17. The lowest BCUT2D eigenvalue weighted by Crippen LogP contribution is -2.07. The second-order valence-corrected chi connectivity index (χ2v) is 4.20. The number of aromatic nitrogens is 2. The molecular formula is C12H12ClN3O2. The van der Waals surface area contributed by atoms with Crippen LogP contribution < -0.4 is 5.73 Å². The molecule has 18 heavy (non-hydrogen) atoms. The smallest absolute Gasteiger partial charge is 0.360 e. The molecule has 2 N–H and O–H groups in total. The van der Waals surface area contributed by atoms with Crippen LogP contribution in [0.25, 0.3) is 5.69 Å². The second-order valence-electron chi connectivity index (χ2n) is 3.79. The number of methoxy groups -OCH3 is 1. The van der Waals surface area contributed by atoms with Crippen LogP contribution in [0.15, 0.2) is 24.5 Å². The van der Waals surface area contributed by atoms with Gasteiger partial charge in [0.25, 0.3) is 0 Å². The molecule has 0 spiro atoms. The highest BCUT2D eigenvalue weighted by atomic mass is 35.5. The molecule has 0 saturated heterocycles. The number of hydrogen-bond acceptors (Lipinski definition) is 4. The third kappa shape index (κ3) is 2.04. The number of imidazole rings is 1. The molecule has 0 atom stereocenters. The monoisotopic (exact) mass is 265 g/mol. The molecule has 1 aromatic heterocycles. The van der Waals surface area contributed by atoms with Gasteiger partial charge >= 0.3 is 5.97 Å². The first-order chi connectivity index (χ1) is 8.54. The zero-order valence-electron chi connectivity index (χ0n) is 9.98. The Bertz CT molecular complexity index is 607. The van der Waals surface area contributed by atoms with Gasteiger partial charge in [0.15, 0.2) is 5.69 Å². The van der Waals surface area contributed by atoms with Gasteiger partial charge in [-0.3, -0.25) is 4.57 Å². The molecule has 0 saturated carbocycles. The van der Waals surface area contributed by atoms with Gasteiger partial charge in [0.2, 0.25) is 0 Å². The summed E-state index contributed by atoms with van der Waals surface area (Å²) in [4.78, 5) is 15.3. The molecule has 1 heterocycles. The molecule has 0 unspecified atom stereocenters. The van der Waals surface area contributed by atoms with Gasteiger partial charge in [-0.2, -0.15) is 0 Å². The number of carbonyl (C=O) groups is 1. The molecule has 2 aromatic rings. The van der Waals surface area contributed by atoms with Crippen LogP contribution >= 0.6 is 11.6 Å². The molecule has 0 fully saturated rings. The van der Waals surface area contributed by atoms with Gasteiger partial charge < -0.3 is 10.5 Å². The molecule has 0 radical (unpaired) electrons. The first-order valence-corrected chi connectivity index (χ1v) is 5.60. The van der Waals surface area contributed by atoms with E-state index in [9.17, 15) is 4.79 Å². The van der Waals surface area contributed by atoms with Crippen molar-refractivity contribution < 1.29 is 9.53 Å². The summed E-state index contributed by atoms with van der Waals surface area (Å²) in [6, 6.07) is 5.53. The molecule has 0 amide bonds. The minimum Gasteiger partial charge on any atom is -0.464 e. The van der Waals surface area contributed by atoms with Crippen LogP contribution in [0.1, 0.15) is 16.1 Å². The fourth-order valence-corrected chi connectivity index (χ4v) is 1.94. The maximum Gasteiger partial charge on any atom is 0.360 e. The summed E-state index contributed by atoms with van der Waals surface area (Å²) in [5.74, 6) is -0.373. The summed E-state index contributed by atoms with van der Waals surface area (Å²) in [5, 5.41) is 0.538. The highest BCUT2D eigenvalue weighted by Crippen LogP contribution is 2.25. The fraction of sp³-hybridized carbons (Fsp3) is 0.167. The number of aryl methyl sites for hydroxylation is 1. The lowest BCUT2D eigenvalue weighted by molar-refractivity contribution is 0.0596. The van der Waals surface area contributed by atoms with Crippen LogP contribution in [0.2, 0.25) is 5.02 Å². The Hall–Kier alpha value is -2.01. The molecule has 0 bridgehead atoms. The Labute approximate surface area is 109 Å². The molecule has 0 aliphatic heterocycles. The number of anilines is 1. The number of ether oxygens (including phenoxy) is 1. The Morgan fingerprint density at radius 1 is 1.50 bits per heavy atom. The predicted octanol–water partition coefficient (Wildman–Crippen LogP) is 2.20. The summed E-state index contributed by atoms with van der Waals surface area (Å²) in [6.07, 6.45) is 1.44. The Kier molecular flexibility index (Phi) is 3.25. The summed E-state index contributed by atoms with van der Waals surface area (Å²) < 4.78 is 6.14. The number of nitrogen functional groups attached to an aromatic ring is 1. The molecule has 5 nitrogen and oxygen atoms in total. The molecule has 1 aromatic carbocycles. The number of nitrogens with zero attached hydrogens (tertiary/aromatic N) is 2. The van der Waals surface area contributed by atoms with Crippen LogP contribution in [0.3, 0.4) is 0 Å². The van der Waals surface area contributed by atoms with Crippen molar-refractivity contribution >= 4 is 23.4 Å². The number of carbonyl (C=O) groups excluding carboxylic acids is 1. The van der Waals surface area contributed by atoms with E-state index in [2.05, 4.69) is 9.72 Å². The van der Waals surface area contributed by atoms with Crippen molar-refractivity contribution in [3.8, 4) is 5.69 Å². The normalized spacial score (nSPS) is 10.4. The lowest BCUT2D eigenvalue weighted by atomic mass is 10.2. The SMILES string of the molecule is COC(=O)c1ncn(-c2ccc(C)cc2Cl)c1N. The fourth-order valence-electron chi connectivity index (χ4n) is 1.61. The van der Waals surface area contributed by atoms with Crippen LogP contribution in [0, 0.1) is 6.92 Å². The van der Waals surface area contributed by atoms with E-state index in [1.165, 1.54) is 13.4 Å². The summed E-state index contributed by atoms with van der Waals surface area (Å²) in [7, 11) is 1.28. The molecule has 6 heteroatoms. The van der Waals surface area contributed by atoms with E-state index in [1.54, 1.807) is 4.57 Å². The number of esters is 1. The van der Waals surface area contributed by atoms with E-state index in [1.807, 2.05) is 25.1 Å². The van der Waals surface area contributed by atoms with Crippen LogP contribution in [-0.4, -0.2) is 22.6 Å². The molecule has 2 rings (SSSR count). The number of halogens is 1. The average Bonchev–Trinajstić information content (AvgIpc) is 2.70. The maximum atomic E-state index is 11.4. The van der Waals surface area contributed by atoms with Crippen molar-refractivity contribution in [2.24, 2.45) is 0 Å². The molecule has 94 valence electrons. The molecular weight excluding hydrogens is 254 g/mol. The van der Waals surface area contributed by atoms with Gasteiger partial charge in [0, 0.05) is 0 Å². The number of benzene rings is 1. The van der Waals surface area contributed by atoms with E-state index >= 15 is 0 Å². The average molecular weight is 266 g/mol. The summed E-state index contributed by atoms with van der Waals surface area (Å²) >= 11 is 6.14. The van der Waals surface area contributed by atoms with Crippen LogP contribution in [0.5, 0.6) is 0 Å². The molecule has 0 aliphatic rings. The van der Waals surface area contributed by atoms with Gasteiger partial charge in [-0.05, 0) is 24.6 Å². The quantitative estimate of drug-likeness (QED) is 0.845. The number of nitrogens with two attached hydrogens (primary N) is 1. The largest absolute Gasteiger partial charge is 0.464 e. The summed E-state index contributed by atoms with van der Waals surface area (Å²) in [5.41, 5.74) is 7.64. The van der Waals surface area contributed by atoms with Crippen molar-refractivity contribution in [3.63, 3.8) is 0 Å². The van der Waals surface area contributed by atoms with Crippen LogP contribution in [-0.2, 0) is 4.74 Å². The Morgan fingerprint density at radius 2 is 2.22 bits per heavy atom. The van der Waals surface area contributed by atoms with Gasteiger partial charge in [0.05, 0.1) is 17.8 Å². The Balaban J connectivity index is 2.52. The van der Waals surface area contributed by atoms with Crippen molar-refractivity contribution in [2.75, 3.05) is 12.8 Å². The number of hydrogen-bond donors (Lipinski definition) is 1. The van der Waals surface area contributed by atoms with Gasteiger partial charge in [0.1, 0.15) is 12.1 Å². The van der Waals surface area contributed by atoms with E-state index in [-0.39, 0.29) is 11.5 Å². The van der Waals surface area contributed by atoms with Crippen LogP contribution in [0.4, 0.5) is 5.82 Å². The minimum absolute atomic E-state index is 0.0779. The summed E-state index contributed by atoms with van der Waals surface area (Å²) in [6.45, 7) is 1.94. The highest BCUT2D eigenvalue weighted by molar-refractivity contribution is 6.32. The first kappa shape index (κ1) is 12.4. The van der Waals surface area contributed by atoms with Gasteiger partial charge in [-0.25, -0.2) is 9.78 Å². The van der Waals surface area contributed by atoms with Crippen molar-refractivity contribution in [1.29, 1.82) is 0 Å². The second kappa shape index (κ2) is 4.70. The minimum atomic E-state index is -0.575. The van der Waals surface area contributed by atoms with E-state index in [4.69, 9.17) is 17.3 Å². The molecule has 0 aliphatic carbocycles. The van der Waals surface area contributed by atoms with E-state index in [0.717, 1.165) is 5.56 Å². The topological polar surface area (TPSA) is 70.1 Å². The lowest BCUT2D eigenvalue weighted by Gasteiger charge is -2.08. The van der Waals surface area contributed by atoms with Crippen molar-refractivity contribution in [2.45, 2.75) is 6.92 Å².